The van der Waals surface area contributed by atoms with Crippen LogP contribution in [0.5, 0.6) is 0 Å². The molecule has 6 nitrogen and oxygen atoms in total. The zero-order valence-corrected chi connectivity index (χ0v) is 10.9. The molecule has 0 spiro atoms. The molecule has 1 saturated heterocycles. The molecular weight excluding hydrogens is 277 g/mol. The van der Waals surface area contributed by atoms with Crippen molar-refractivity contribution in [3.05, 3.63) is 11.8 Å². The Morgan fingerprint density at radius 1 is 1.40 bits per heavy atom. The summed E-state index contributed by atoms with van der Waals surface area (Å²) in [5.74, 6) is -1.54. The Morgan fingerprint density at radius 2 is 2.05 bits per heavy atom. The van der Waals surface area contributed by atoms with Gasteiger partial charge in [0, 0.05) is 13.0 Å². The molecule has 0 unspecified atom stereocenters. The Kier molecular flexibility index (Phi) is 4.26. The van der Waals surface area contributed by atoms with Crippen molar-refractivity contribution >= 4 is 5.91 Å². The number of piperidine rings is 1. The van der Waals surface area contributed by atoms with Crippen molar-refractivity contribution in [2.45, 2.75) is 24.9 Å². The van der Waals surface area contributed by atoms with Crippen LogP contribution in [-0.2, 0) is 11.0 Å². The van der Waals surface area contributed by atoms with Crippen LogP contribution in [0.15, 0.2) is 4.42 Å². The molecular formula is C11H15F3N4O2. The number of carbonyl (C=O) groups excluding carboxylic acids is 1. The highest BCUT2D eigenvalue weighted by Crippen LogP contribution is 2.32. The quantitative estimate of drug-likeness (QED) is 0.900. The second kappa shape index (κ2) is 5.78. The molecule has 1 aliphatic heterocycles. The standard InChI is InChI=1S/C11H15F3N4O2/c1-15-8(19)6-18-4-2-7(3-5-18)9-16-17-10(20-9)11(12,13)14/h7H,2-6H2,1H3,(H,15,19). The van der Waals surface area contributed by atoms with Gasteiger partial charge in [-0.2, -0.15) is 13.2 Å². The van der Waals surface area contributed by atoms with Crippen LogP contribution < -0.4 is 5.32 Å². The van der Waals surface area contributed by atoms with Gasteiger partial charge in [0.05, 0.1) is 6.54 Å². The van der Waals surface area contributed by atoms with Crippen molar-refractivity contribution in [2.24, 2.45) is 0 Å². The fourth-order valence-corrected chi connectivity index (χ4v) is 2.13. The van der Waals surface area contributed by atoms with Crippen molar-refractivity contribution in [1.29, 1.82) is 0 Å². The number of alkyl halides is 3. The molecule has 0 bridgehead atoms. The number of amides is 1. The SMILES string of the molecule is CNC(=O)CN1CCC(c2nnc(C(F)(F)F)o2)CC1. The number of halogens is 3. The molecule has 0 radical (unpaired) electrons. The van der Waals surface area contributed by atoms with Crippen LogP contribution >= 0.6 is 0 Å². The zero-order valence-electron chi connectivity index (χ0n) is 10.9. The Hall–Kier alpha value is -1.64. The third-order valence-corrected chi connectivity index (χ3v) is 3.27. The van der Waals surface area contributed by atoms with Crippen molar-refractivity contribution in [3.8, 4) is 0 Å². The summed E-state index contributed by atoms with van der Waals surface area (Å²) in [6, 6.07) is 0. The van der Waals surface area contributed by atoms with Crippen molar-refractivity contribution in [2.75, 3.05) is 26.7 Å². The number of aromatic nitrogens is 2. The Bertz CT molecular complexity index is 466. The monoisotopic (exact) mass is 292 g/mol. The largest absolute Gasteiger partial charge is 0.470 e. The molecule has 1 fully saturated rings. The summed E-state index contributed by atoms with van der Waals surface area (Å²) in [6.45, 7) is 1.52. The van der Waals surface area contributed by atoms with E-state index in [4.69, 9.17) is 0 Å². The minimum atomic E-state index is -4.61. The van der Waals surface area contributed by atoms with Gasteiger partial charge in [-0.25, -0.2) is 0 Å². The van der Waals surface area contributed by atoms with E-state index < -0.39 is 12.1 Å². The highest BCUT2D eigenvalue weighted by Gasteiger charge is 2.39. The van der Waals surface area contributed by atoms with Crippen LogP contribution in [0.4, 0.5) is 13.2 Å². The number of rotatable bonds is 3. The van der Waals surface area contributed by atoms with E-state index in [1.54, 1.807) is 7.05 Å². The molecule has 0 saturated carbocycles. The Balaban J connectivity index is 1.91. The Labute approximate surface area is 113 Å². The summed E-state index contributed by atoms with van der Waals surface area (Å²) < 4.78 is 41.8. The van der Waals surface area contributed by atoms with Gasteiger partial charge in [-0.15, -0.1) is 10.2 Å². The fourth-order valence-electron chi connectivity index (χ4n) is 2.13. The average molecular weight is 292 g/mol. The second-order valence-corrected chi connectivity index (χ2v) is 4.67. The molecule has 20 heavy (non-hydrogen) atoms. The lowest BCUT2D eigenvalue weighted by molar-refractivity contribution is -0.157. The van der Waals surface area contributed by atoms with Crippen LogP contribution in [0.3, 0.4) is 0 Å². The van der Waals surface area contributed by atoms with E-state index in [0.29, 0.717) is 32.5 Å². The number of hydrogen-bond donors (Lipinski definition) is 1. The summed E-state index contributed by atoms with van der Waals surface area (Å²) in [6.07, 6.45) is -3.42. The minimum Gasteiger partial charge on any atom is -0.417 e. The molecule has 2 rings (SSSR count). The number of nitrogens with zero attached hydrogens (tertiary/aromatic N) is 3. The number of hydrogen-bond acceptors (Lipinski definition) is 5. The van der Waals surface area contributed by atoms with Gasteiger partial charge in [-0.3, -0.25) is 9.69 Å². The van der Waals surface area contributed by atoms with Gasteiger partial charge in [0.2, 0.25) is 11.8 Å². The van der Waals surface area contributed by atoms with Gasteiger partial charge in [-0.1, -0.05) is 0 Å². The normalized spacial score (nSPS) is 18.2. The van der Waals surface area contributed by atoms with Gasteiger partial charge in [0.15, 0.2) is 0 Å². The summed E-state index contributed by atoms with van der Waals surface area (Å²) in [5.41, 5.74) is 0. The molecule has 0 aromatic carbocycles. The first kappa shape index (κ1) is 14.8. The molecule has 1 aliphatic rings. The minimum absolute atomic E-state index is 0.0249. The van der Waals surface area contributed by atoms with Gasteiger partial charge in [0.25, 0.3) is 0 Å². The van der Waals surface area contributed by atoms with E-state index in [2.05, 4.69) is 19.9 Å². The lowest BCUT2D eigenvalue weighted by Gasteiger charge is -2.29. The third-order valence-electron chi connectivity index (χ3n) is 3.27. The van der Waals surface area contributed by atoms with Gasteiger partial charge in [0.1, 0.15) is 0 Å². The highest BCUT2D eigenvalue weighted by molar-refractivity contribution is 5.77. The van der Waals surface area contributed by atoms with E-state index in [9.17, 15) is 18.0 Å². The Morgan fingerprint density at radius 3 is 2.55 bits per heavy atom. The third kappa shape index (κ3) is 3.47. The lowest BCUT2D eigenvalue weighted by Crippen LogP contribution is -2.40. The molecule has 1 amide bonds. The van der Waals surface area contributed by atoms with Crippen molar-refractivity contribution < 1.29 is 22.4 Å². The highest BCUT2D eigenvalue weighted by atomic mass is 19.4. The summed E-state index contributed by atoms with van der Waals surface area (Å²) in [4.78, 5) is 13.2. The summed E-state index contributed by atoms with van der Waals surface area (Å²) >= 11 is 0. The topological polar surface area (TPSA) is 71.3 Å². The second-order valence-electron chi connectivity index (χ2n) is 4.67. The van der Waals surface area contributed by atoms with Crippen LogP contribution in [0.25, 0.3) is 0 Å². The predicted molar refractivity (Wildman–Crippen MR) is 61.8 cm³/mol. The summed E-state index contributed by atoms with van der Waals surface area (Å²) in [5, 5.41) is 9.03. The molecule has 112 valence electrons. The smallest absolute Gasteiger partial charge is 0.417 e. The van der Waals surface area contributed by atoms with E-state index >= 15 is 0 Å². The molecule has 9 heteroatoms. The molecule has 0 atom stereocenters. The first-order chi connectivity index (χ1) is 9.40. The van der Waals surface area contributed by atoms with Crippen molar-refractivity contribution in [1.82, 2.24) is 20.4 Å². The average Bonchev–Trinajstić information content (AvgIpc) is 2.89. The molecule has 1 N–H and O–H groups in total. The maximum atomic E-state index is 12.4. The van der Waals surface area contributed by atoms with Gasteiger partial charge in [-0.05, 0) is 25.9 Å². The lowest BCUT2D eigenvalue weighted by atomic mass is 9.97. The number of likely N-dealkylation sites (tertiary alicyclic amines) is 1. The van der Waals surface area contributed by atoms with Gasteiger partial charge >= 0.3 is 12.1 Å². The first-order valence-corrected chi connectivity index (χ1v) is 6.23. The van der Waals surface area contributed by atoms with E-state index in [-0.39, 0.29) is 17.7 Å². The van der Waals surface area contributed by atoms with Gasteiger partial charge < -0.3 is 9.73 Å². The number of nitrogens with one attached hydrogen (secondary N) is 1. The van der Waals surface area contributed by atoms with Crippen molar-refractivity contribution in [3.63, 3.8) is 0 Å². The van der Waals surface area contributed by atoms with E-state index in [1.165, 1.54) is 0 Å². The van der Waals surface area contributed by atoms with Crippen LogP contribution in [0.2, 0.25) is 0 Å². The maximum absolute atomic E-state index is 12.4. The summed E-state index contributed by atoms with van der Waals surface area (Å²) in [7, 11) is 1.56. The number of likely N-dealkylation sites (N-methyl/N-ethyl adjacent to an activating group) is 1. The fraction of sp³-hybridized carbons (Fsp3) is 0.727. The molecule has 2 heterocycles. The maximum Gasteiger partial charge on any atom is 0.470 e. The number of carbonyl (C=O) groups is 1. The predicted octanol–water partition coefficient (Wildman–Crippen LogP) is 1.01. The van der Waals surface area contributed by atoms with E-state index in [1.807, 2.05) is 4.90 Å². The molecule has 0 aliphatic carbocycles. The van der Waals surface area contributed by atoms with E-state index in [0.717, 1.165) is 0 Å². The molecule has 1 aromatic heterocycles. The zero-order chi connectivity index (χ0) is 14.8. The van der Waals surface area contributed by atoms with Crippen LogP contribution in [0, 0.1) is 0 Å². The van der Waals surface area contributed by atoms with Crippen LogP contribution in [-0.4, -0.2) is 47.7 Å². The van der Waals surface area contributed by atoms with Crippen LogP contribution in [0.1, 0.15) is 30.5 Å². The first-order valence-electron chi connectivity index (χ1n) is 6.23. The molecule has 1 aromatic rings.